The molecule has 0 fully saturated rings. The molecule has 36 heavy (non-hydrogen) atoms. The second-order valence-electron chi connectivity index (χ2n) is 7.62. The first-order chi connectivity index (χ1) is 17.2. The number of nitrogens with two attached hydrogens (primary N) is 1. The van der Waals surface area contributed by atoms with Gasteiger partial charge in [0.05, 0.1) is 30.1 Å². The van der Waals surface area contributed by atoms with Crippen LogP contribution in [0.4, 0.5) is 17.3 Å². The molecule has 0 aliphatic heterocycles. The summed E-state index contributed by atoms with van der Waals surface area (Å²) in [4.78, 5) is 20.1. The van der Waals surface area contributed by atoms with Gasteiger partial charge in [0.15, 0.2) is 17.7 Å². The number of hydrogen-bond acceptors (Lipinski definition) is 9. The van der Waals surface area contributed by atoms with Crippen molar-refractivity contribution in [3.63, 3.8) is 0 Å². The molecule has 3 aromatic carbocycles. The number of carbonyl (C=O) groups excluding carboxylic acids is 1. The molecule has 0 spiro atoms. The number of para-hydroxylation sites is 2. The standard InChI is InChI=1S/C24H23N5O6S/c1-34-16-11-15(12-17(13-16)35-2)26-23-24(28-20-9-4-3-8-19(20)27-23)29-36(32,33)18-7-5-6-14(10-18)21(30)22(25)31/h3-13,21,30H,1-2H3,(H2,25,31)(H,26,27)(H,28,29). The van der Waals surface area contributed by atoms with Crippen LogP contribution in [0.3, 0.4) is 0 Å². The summed E-state index contributed by atoms with van der Waals surface area (Å²) in [6.07, 6.45) is -1.65. The van der Waals surface area contributed by atoms with E-state index in [4.69, 9.17) is 15.2 Å². The van der Waals surface area contributed by atoms with Gasteiger partial charge in [-0.05, 0) is 29.8 Å². The van der Waals surface area contributed by atoms with Crippen molar-refractivity contribution in [2.75, 3.05) is 24.3 Å². The lowest BCUT2D eigenvalue weighted by atomic mass is 10.1. The smallest absolute Gasteiger partial charge is 0.263 e. The average Bonchev–Trinajstić information content (AvgIpc) is 2.88. The monoisotopic (exact) mass is 509 g/mol. The molecular weight excluding hydrogens is 486 g/mol. The van der Waals surface area contributed by atoms with Crippen LogP contribution >= 0.6 is 0 Å². The Morgan fingerprint density at radius 1 is 0.917 bits per heavy atom. The van der Waals surface area contributed by atoms with Crippen LogP contribution in [0.1, 0.15) is 11.7 Å². The minimum atomic E-state index is -4.21. The van der Waals surface area contributed by atoms with Crippen LogP contribution in [0, 0.1) is 0 Å². The molecule has 0 bridgehead atoms. The number of rotatable bonds is 9. The Labute approximate surface area is 207 Å². The first-order valence-electron chi connectivity index (χ1n) is 10.6. The van der Waals surface area contributed by atoms with E-state index in [9.17, 15) is 18.3 Å². The van der Waals surface area contributed by atoms with Gasteiger partial charge in [0.2, 0.25) is 0 Å². The Kier molecular flexibility index (Phi) is 6.90. The molecule has 0 aliphatic carbocycles. The zero-order valence-corrected chi connectivity index (χ0v) is 20.1. The summed E-state index contributed by atoms with van der Waals surface area (Å²) in [5.74, 6) is 0.0745. The highest BCUT2D eigenvalue weighted by molar-refractivity contribution is 7.92. The fourth-order valence-corrected chi connectivity index (χ4v) is 4.44. The van der Waals surface area contributed by atoms with E-state index in [1.165, 1.54) is 32.4 Å². The van der Waals surface area contributed by atoms with E-state index in [1.807, 2.05) is 0 Å². The predicted octanol–water partition coefficient (Wildman–Crippen LogP) is 2.71. The number of primary amides is 1. The number of carbonyl (C=O) groups is 1. The number of aromatic nitrogens is 2. The fourth-order valence-electron chi connectivity index (χ4n) is 3.38. The lowest BCUT2D eigenvalue weighted by molar-refractivity contribution is -0.126. The molecule has 1 aromatic heterocycles. The third-order valence-electron chi connectivity index (χ3n) is 5.17. The summed E-state index contributed by atoms with van der Waals surface area (Å²) in [5.41, 5.74) is 6.69. The molecule has 0 radical (unpaired) electrons. The normalized spacial score (nSPS) is 12.1. The molecule has 1 atom stereocenters. The van der Waals surface area contributed by atoms with E-state index in [-0.39, 0.29) is 22.1 Å². The topological polar surface area (TPSA) is 166 Å². The summed E-state index contributed by atoms with van der Waals surface area (Å²) in [6, 6.07) is 17.3. The van der Waals surface area contributed by atoms with Crippen molar-refractivity contribution in [2.24, 2.45) is 5.73 Å². The third-order valence-corrected chi connectivity index (χ3v) is 6.51. The molecule has 4 aromatic rings. The summed E-state index contributed by atoms with van der Waals surface area (Å²) in [7, 11) is -1.19. The number of ether oxygens (including phenoxy) is 2. The van der Waals surface area contributed by atoms with Gasteiger partial charge in [-0.2, -0.15) is 0 Å². The molecule has 5 N–H and O–H groups in total. The number of fused-ring (bicyclic) bond motifs is 1. The Morgan fingerprint density at radius 2 is 1.53 bits per heavy atom. The van der Waals surface area contributed by atoms with E-state index in [1.54, 1.807) is 42.5 Å². The Morgan fingerprint density at radius 3 is 2.11 bits per heavy atom. The van der Waals surface area contributed by atoms with Gasteiger partial charge in [-0.15, -0.1) is 0 Å². The molecule has 0 saturated heterocycles. The number of sulfonamides is 1. The minimum Gasteiger partial charge on any atom is -0.497 e. The van der Waals surface area contributed by atoms with Crippen molar-refractivity contribution in [3.05, 3.63) is 72.3 Å². The maximum absolute atomic E-state index is 13.2. The Bertz CT molecular complexity index is 1520. The van der Waals surface area contributed by atoms with Crippen LogP contribution in [0.25, 0.3) is 11.0 Å². The number of nitrogens with one attached hydrogen (secondary N) is 2. The lowest BCUT2D eigenvalue weighted by Crippen LogP contribution is -2.21. The number of hydrogen-bond donors (Lipinski definition) is 4. The van der Waals surface area contributed by atoms with Crippen LogP contribution in [0.2, 0.25) is 0 Å². The van der Waals surface area contributed by atoms with Crippen LogP contribution in [0.5, 0.6) is 11.5 Å². The SMILES string of the molecule is COc1cc(Nc2nc3ccccc3nc2NS(=O)(=O)c2cccc(C(O)C(N)=O)c2)cc(OC)c1. The first-order valence-corrected chi connectivity index (χ1v) is 12.1. The number of benzene rings is 3. The van der Waals surface area contributed by atoms with E-state index >= 15 is 0 Å². The molecule has 1 heterocycles. The Hall–Kier alpha value is -4.42. The predicted molar refractivity (Wildman–Crippen MR) is 134 cm³/mol. The lowest BCUT2D eigenvalue weighted by Gasteiger charge is -2.15. The summed E-state index contributed by atoms with van der Waals surface area (Å²) >= 11 is 0. The van der Waals surface area contributed by atoms with Gasteiger partial charge in [0.1, 0.15) is 11.5 Å². The van der Waals surface area contributed by atoms with Crippen molar-refractivity contribution in [2.45, 2.75) is 11.0 Å². The fraction of sp³-hybridized carbons (Fsp3) is 0.125. The van der Waals surface area contributed by atoms with Gasteiger partial charge in [-0.1, -0.05) is 24.3 Å². The highest BCUT2D eigenvalue weighted by Crippen LogP contribution is 2.31. The molecule has 0 saturated carbocycles. The first kappa shape index (κ1) is 24.7. The average molecular weight is 510 g/mol. The number of amides is 1. The van der Waals surface area contributed by atoms with Crippen molar-refractivity contribution in [3.8, 4) is 11.5 Å². The maximum atomic E-state index is 13.2. The van der Waals surface area contributed by atoms with E-state index in [0.717, 1.165) is 6.07 Å². The van der Waals surface area contributed by atoms with Gasteiger partial charge in [-0.25, -0.2) is 18.4 Å². The van der Waals surface area contributed by atoms with E-state index in [0.29, 0.717) is 28.2 Å². The van der Waals surface area contributed by atoms with Crippen molar-refractivity contribution in [1.29, 1.82) is 0 Å². The van der Waals surface area contributed by atoms with Crippen molar-refractivity contribution in [1.82, 2.24) is 9.97 Å². The highest BCUT2D eigenvalue weighted by atomic mass is 32.2. The molecular formula is C24H23N5O6S. The van der Waals surface area contributed by atoms with Crippen molar-refractivity contribution >= 4 is 44.3 Å². The molecule has 0 aliphatic rings. The second-order valence-corrected chi connectivity index (χ2v) is 9.30. The molecule has 1 unspecified atom stereocenters. The molecule has 12 heteroatoms. The third kappa shape index (κ3) is 5.29. The summed E-state index contributed by atoms with van der Waals surface area (Å²) in [6.45, 7) is 0. The molecule has 1 amide bonds. The quantitative estimate of drug-likeness (QED) is 0.265. The minimum absolute atomic E-state index is 0.0387. The molecule has 4 rings (SSSR count). The second kappa shape index (κ2) is 10.1. The number of methoxy groups -OCH3 is 2. The zero-order chi connectivity index (χ0) is 25.9. The maximum Gasteiger partial charge on any atom is 0.263 e. The van der Waals surface area contributed by atoms with Crippen LogP contribution in [0.15, 0.2) is 71.6 Å². The highest BCUT2D eigenvalue weighted by Gasteiger charge is 2.22. The van der Waals surface area contributed by atoms with E-state index in [2.05, 4.69) is 20.0 Å². The molecule has 11 nitrogen and oxygen atoms in total. The largest absolute Gasteiger partial charge is 0.497 e. The number of nitrogens with zero attached hydrogens (tertiary/aromatic N) is 2. The Balaban J connectivity index is 1.77. The molecule has 186 valence electrons. The number of aliphatic hydroxyl groups excluding tert-OH is 1. The van der Waals surface area contributed by atoms with Gasteiger partial charge in [0, 0.05) is 23.9 Å². The summed E-state index contributed by atoms with van der Waals surface area (Å²) in [5, 5.41) is 13.0. The van der Waals surface area contributed by atoms with Crippen LogP contribution in [-0.2, 0) is 14.8 Å². The summed E-state index contributed by atoms with van der Waals surface area (Å²) < 4.78 is 39.5. The van der Waals surface area contributed by atoms with Gasteiger partial charge in [-0.3, -0.25) is 9.52 Å². The zero-order valence-electron chi connectivity index (χ0n) is 19.3. The number of anilines is 3. The van der Waals surface area contributed by atoms with E-state index < -0.39 is 22.0 Å². The van der Waals surface area contributed by atoms with Gasteiger partial charge < -0.3 is 25.6 Å². The number of aliphatic hydroxyl groups is 1. The van der Waals surface area contributed by atoms with Gasteiger partial charge >= 0.3 is 0 Å². The van der Waals surface area contributed by atoms with Crippen molar-refractivity contribution < 1.29 is 27.8 Å². The van der Waals surface area contributed by atoms with Gasteiger partial charge in [0.25, 0.3) is 15.9 Å². The van der Waals surface area contributed by atoms with Crippen LogP contribution in [-0.4, -0.2) is 43.6 Å². The van der Waals surface area contributed by atoms with Crippen LogP contribution < -0.4 is 25.2 Å².